The lowest BCUT2D eigenvalue weighted by molar-refractivity contribution is 0.0841. The third-order valence-electron chi connectivity index (χ3n) is 4.30. The zero-order valence-electron chi connectivity index (χ0n) is 17.4. The lowest BCUT2D eigenvalue weighted by Gasteiger charge is -2.17. The Bertz CT molecular complexity index is 930. The fourth-order valence-electron chi connectivity index (χ4n) is 2.83. The number of nitrogens with zero attached hydrogens (tertiary/aromatic N) is 2. The summed E-state index contributed by atoms with van der Waals surface area (Å²) in [5.74, 6) is -0.334. The zero-order chi connectivity index (χ0) is 22.8. The van der Waals surface area contributed by atoms with Crippen molar-refractivity contribution in [3.8, 4) is 17.2 Å². The third kappa shape index (κ3) is 6.81. The molecule has 2 rings (SSSR count). The van der Waals surface area contributed by atoms with Gasteiger partial charge in [-0.1, -0.05) is 29.3 Å². The summed E-state index contributed by atoms with van der Waals surface area (Å²) in [6.07, 6.45) is 0. The van der Waals surface area contributed by atoms with Crippen molar-refractivity contribution in [2.75, 3.05) is 58.1 Å². The Morgan fingerprint density at radius 1 is 1.29 bits per heavy atom. The number of ether oxygens (including phenoxy) is 2. The number of anilines is 1. The molecule has 0 spiro atoms. The fraction of sp³-hybridized carbons (Fsp3) is 0.429. The van der Waals surface area contributed by atoms with Crippen LogP contribution in [0.25, 0.3) is 11.1 Å². The number of nitriles is 1. The third-order valence-corrected chi connectivity index (χ3v) is 6.15. The highest BCUT2D eigenvalue weighted by molar-refractivity contribution is 7.19. The molecule has 0 saturated carbocycles. The van der Waals surface area contributed by atoms with Gasteiger partial charge in [-0.3, -0.25) is 4.79 Å². The Labute approximate surface area is 196 Å². The maximum Gasteiger partial charge on any atom is 0.262 e. The molecule has 0 fully saturated rings. The molecule has 2 N–H and O–H groups in total. The summed E-state index contributed by atoms with van der Waals surface area (Å²) < 4.78 is 10.6. The van der Waals surface area contributed by atoms with Gasteiger partial charge in [0.2, 0.25) is 0 Å². The Morgan fingerprint density at radius 3 is 2.71 bits per heavy atom. The molecule has 31 heavy (non-hydrogen) atoms. The topological polar surface area (TPSA) is 94.8 Å². The molecule has 7 nitrogen and oxygen atoms in total. The van der Waals surface area contributed by atoms with Crippen LogP contribution in [-0.2, 0) is 9.47 Å². The van der Waals surface area contributed by atoms with E-state index in [0.29, 0.717) is 56.4 Å². The van der Waals surface area contributed by atoms with E-state index in [1.54, 1.807) is 18.2 Å². The van der Waals surface area contributed by atoms with E-state index in [0.717, 1.165) is 0 Å². The van der Waals surface area contributed by atoms with E-state index < -0.39 is 0 Å². The van der Waals surface area contributed by atoms with Crippen LogP contribution in [0.15, 0.2) is 18.2 Å². The highest BCUT2D eigenvalue weighted by Gasteiger charge is 2.27. The molecular formula is C21H25Cl2N3O4S. The Hall–Kier alpha value is -1.86. The molecule has 1 amide bonds. The Kier molecular flexibility index (Phi) is 10.5. The number of amides is 1. The molecule has 0 aliphatic carbocycles. The molecule has 0 unspecified atom stereocenters. The smallest absolute Gasteiger partial charge is 0.262 e. The molecule has 0 aliphatic rings. The van der Waals surface area contributed by atoms with Crippen molar-refractivity contribution in [1.29, 1.82) is 5.26 Å². The molecule has 168 valence electrons. The van der Waals surface area contributed by atoms with E-state index in [1.165, 1.54) is 11.3 Å². The quantitative estimate of drug-likeness (QED) is 0.443. The molecule has 0 radical (unpaired) electrons. The first-order valence-corrected chi connectivity index (χ1v) is 11.3. The highest BCUT2D eigenvalue weighted by atomic mass is 35.5. The van der Waals surface area contributed by atoms with Gasteiger partial charge in [0.05, 0.1) is 32.0 Å². The van der Waals surface area contributed by atoms with E-state index in [2.05, 4.69) is 11.4 Å². The van der Waals surface area contributed by atoms with Crippen LogP contribution >= 0.6 is 34.5 Å². The van der Waals surface area contributed by atoms with Gasteiger partial charge in [-0.15, -0.1) is 11.3 Å². The number of hydrogen-bond acceptors (Lipinski definition) is 7. The Morgan fingerprint density at radius 2 is 2.06 bits per heavy atom. The largest absolute Gasteiger partial charge is 0.394 e. The van der Waals surface area contributed by atoms with Crippen LogP contribution in [0.2, 0.25) is 10.0 Å². The molecule has 0 atom stereocenters. The Balaban J connectivity index is 2.44. The van der Waals surface area contributed by atoms with Gasteiger partial charge < -0.3 is 24.8 Å². The number of aliphatic hydroxyl groups excluding tert-OH is 1. The molecule has 0 saturated heterocycles. The summed E-state index contributed by atoms with van der Waals surface area (Å²) in [4.78, 5) is 15.3. The fourth-order valence-corrected chi connectivity index (χ4v) is 4.50. The van der Waals surface area contributed by atoms with Crippen molar-refractivity contribution in [3.05, 3.63) is 38.7 Å². The summed E-state index contributed by atoms with van der Waals surface area (Å²) in [6.45, 7) is 4.22. The second kappa shape index (κ2) is 12.9. The van der Waals surface area contributed by atoms with E-state index in [1.807, 2.05) is 18.9 Å². The van der Waals surface area contributed by atoms with E-state index in [4.69, 9.17) is 37.8 Å². The van der Waals surface area contributed by atoms with Crippen molar-refractivity contribution in [2.45, 2.75) is 6.92 Å². The minimum absolute atomic E-state index is 0.0823. The van der Waals surface area contributed by atoms with Crippen LogP contribution in [0.5, 0.6) is 0 Å². The lowest BCUT2D eigenvalue weighted by atomic mass is 10.0. The van der Waals surface area contributed by atoms with Crippen molar-refractivity contribution >= 4 is 45.4 Å². The normalized spacial score (nSPS) is 10.7. The number of carbonyl (C=O) groups is 1. The molecule has 1 aromatic heterocycles. The summed E-state index contributed by atoms with van der Waals surface area (Å²) >= 11 is 13.7. The average molecular weight is 486 g/mol. The van der Waals surface area contributed by atoms with E-state index in [9.17, 15) is 10.1 Å². The first-order chi connectivity index (χ1) is 14.9. The maximum atomic E-state index is 13.0. The van der Waals surface area contributed by atoms with Crippen molar-refractivity contribution < 1.29 is 19.4 Å². The minimum Gasteiger partial charge on any atom is -0.394 e. The molecule has 0 aliphatic heterocycles. The zero-order valence-corrected chi connectivity index (χ0v) is 19.7. The number of nitrogens with one attached hydrogen (secondary N) is 1. The number of aliphatic hydroxyl groups is 1. The number of hydrogen-bond donors (Lipinski definition) is 2. The molecule has 2 aromatic rings. The predicted octanol–water partition coefficient (Wildman–Crippen LogP) is 3.80. The lowest BCUT2D eigenvalue weighted by Crippen LogP contribution is -2.27. The maximum absolute atomic E-state index is 13.0. The van der Waals surface area contributed by atoms with Crippen LogP contribution in [0.4, 0.5) is 5.00 Å². The molecular weight excluding hydrogens is 461 g/mol. The molecule has 0 bridgehead atoms. The van der Waals surface area contributed by atoms with Crippen LogP contribution in [-0.4, -0.2) is 64.2 Å². The number of thiophene rings is 1. The van der Waals surface area contributed by atoms with Crippen LogP contribution < -0.4 is 10.2 Å². The molecule has 1 aromatic carbocycles. The number of halogens is 2. The second-order valence-electron chi connectivity index (χ2n) is 6.43. The summed E-state index contributed by atoms with van der Waals surface area (Å²) in [7, 11) is 1.85. The molecule has 1 heterocycles. The number of likely N-dealkylation sites (N-methyl/N-ethyl adjacent to an activating group) is 1. The predicted molar refractivity (Wildman–Crippen MR) is 124 cm³/mol. The first-order valence-electron chi connectivity index (χ1n) is 9.72. The first kappa shape index (κ1) is 25.4. The highest BCUT2D eigenvalue weighted by Crippen LogP contribution is 2.44. The number of rotatable bonds is 12. The van der Waals surface area contributed by atoms with Gasteiger partial charge in [0.1, 0.15) is 15.9 Å². The summed E-state index contributed by atoms with van der Waals surface area (Å²) in [6, 6.07) is 7.20. The summed E-state index contributed by atoms with van der Waals surface area (Å²) in [5, 5.41) is 23.0. The van der Waals surface area contributed by atoms with Crippen LogP contribution in [0.1, 0.15) is 22.2 Å². The monoisotopic (exact) mass is 485 g/mol. The SMILES string of the molecule is CCOCCN(C)c1sc(C(=O)NCCOCCO)c(-c2ccc(Cl)cc2Cl)c1C#N. The average Bonchev–Trinajstić information content (AvgIpc) is 3.13. The van der Waals surface area contributed by atoms with Crippen LogP contribution in [0.3, 0.4) is 0 Å². The van der Waals surface area contributed by atoms with Gasteiger partial charge in [0.15, 0.2) is 0 Å². The molecule has 10 heteroatoms. The van der Waals surface area contributed by atoms with Gasteiger partial charge in [-0.25, -0.2) is 0 Å². The van der Waals surface area contributed by atoms with Crippen molar-refractivity contribution in [1.82, 2.24) is 5.32 Å². The van der Waals surface area contributed by atoms with Crippen molar-refractivity contribution in [2.24, 2.45) is 0 Å². The van der Waals surface area contributed by atoms with E-state index in [-0.39, 0.29) is 32.3 Å². The van der Waals surface area contributed by atoms with Gasteiger partial charge >= 0.3 is 0 Å². The van der Waals surface area contributed by atoms with E-state index >= 15 is 0 Å². The van der Waals surface area contributed by atoms with Gasteiger partial charge in [0, 0.05) is 47.9 Å². The van der Waals surface area contributed by atoms with Gasteiger partial charge in [-0.2, -0.15) is 5.26 Å². The summed E-state index contributed by atoms with van der Waals surface area (Å²) in [5.41, 5.74) is 1.40. The van der Waals surface area contributed by atoms with Crippen LogP contribution in [0, 0.1) is 11.3 Å². The standard InChI is InChI=1S/C21H25Cl2N3O4S/c1-3-29-10-7-26(2)21-16(13-24)18(15-5-4-14(22)12-17(15)23)19(31-21)20(28)25-6-9-30-11-8-27/h4-5,12,27H,3,6-11H2,1-2H3,(H,25,28). The number of carbonyl (C=O) groups excluding carboxylic acids is 1. The van der Waals surface area contributed by atoms with Gasteiger partial charge in [-0.05, 0) is 19.1 Å². The van der Waals surface area contributed by atoms with Gasteiger partial charge in [0.25, 0.3) is 5.91 Å². The minimum atomic E-state index is -0.334. The number of benzene rings is 1. The second-order valence-corrected chi connectivity index (χ2v) is 8.28. The van der Waals surface area contributed by atoms with Crippen molar-refractivity contribution in [3.63, 3.8) is 0 Å².